The second-order valence-corrected chi connectivity index (χ2v) is 7.69. The molecule has 0 aliphatic heterocycles. The fraction of sp³-hybridized carbons (Fsp3) is 0.316. The van der Waals surface area contributed by atoms with Crippen molar-refractivity contribution in [3.63, 3.8) is 0 Å². The Morgan fingerprint density at radius 2 is 1.85 bits per heavy atom. The number of rotatable bonds is 9. The lowest BCUT2D eigenvalue weighted by molar-refractivity contribution is -0.116. The summed E-state index contributed by atoms with van der Waals surface area (Å²) in [5.41, 5.74) is 1.25. The maximum atomic E-state index is 12.1. The van der Waals surface area contributed by atoms with Crippen molar-refractivity contribution >= 4 is 27.3 Å². The lowest BCUT2D eigenvalue weighted by atomic mass is 10.2. The molecule has 0 aliphatic carbocycles. The SMILES string of the molecule is CCOc1cccc(NC(=O)CCCN(c2ccccc2)S(C)(=O)=O)c1. The van der Waals surface area contributed by atoms with E-state index < -0.39 is 10.0 Å². The zero-order valence-electron chi connectivity index (χ0n) is 15.0. The molecule has 0 saturated carbocycles. The molecule has 0 aliphatic rings. The number of sulfonamides is 1. The van der Waals surface area contributed by atoms with Gasteiger partial charge in [0.1, 0.15) is 5.75 Å². The smallest absolute Gasteiger partial charge is 0.232 e. The van der Waals surface area contributed by atoms with E-state index in [1.54, 1.807) is 42.5 Å². The highest BCUT2D eigenvalue weighted by Gasteiger charge is 2.17. The Kier molecular flexibility index (Phi) is 7.03. The summed E-state index contributed by atoms with van der Waals surface area (Å²) in [5, 5.41) is 2.81. The van der Waals surface area contributed by atoms with E-state index in [0.717, 1.165) is 0 Å². The van der Waals surface area contributed by atoms with Crippen LogP contribution in [0.25, 0.3) is 0 Å². The van der Waals surface area contributed by atoms with Gasteiger partial charge in [0.15, 0.2) is 0 Å². The largest absolute Gasteiger partial charge is 0.494 e. The van der Waals surface area contributed by atoms with Gasteiger partial charge in [-0.1, -0.05) is 24.3 Å². The highest BCUT2D eigenvalue weighted by Crippen LogP contribution is 2.19. The minimum absolute atomic E-state index is 0.167. The highest BCUT2D eigenvalue weighted by atomic mass is 32.2. The summed E-state index contributed by atoms with van der Waals surface area (Å²) >= 11 is 0. The third-order valence-electron chi connectivity index (χ3n) is 3.64. The molecule has 0 fully saturated rings. The lowest BCUT2D eigenvalue weighted by Gasteiger charge is -2.22. The van der Waals surface area contributed by atoms with Crippen LogP contribution in [0.1, 0.15) is 19.8 Å². The van der Waals surface area contributed by atoms with Crippen LogP contribution >= 0.6 is 0 Å². The van der Waals surface area contributed by atoms with Crippen molar-refractivity contribution in [3.8, 4) is 5.75 Å². The molecule has 26 heavy (non-hydrogen) atoms. The molecule has 0 unspecified atom stereocenters. The molecule has 2 aromatic carbocycles. The van der Waals surface area contributed by atoms with Crippen LogP contribution in [0.4, 0.5) is 11.4 Å². The molecule has 7 heteroatoms. The fourth-order valence-electron chi connectivity index (χ4n) is 2.52. The first-order valence-electron chi connectivity index (χ1n) is 8.45. The third kappa shape index (κ3) is 6.07. The van der Waals surface area contributed by atoms with Gasteiger partial charge in [-0.2, -0.15) is 0 Å². The van der Waals surface area contributed by atoms with Gasteiger partial charge >= 0.3 is 0 Å². The zero-order chi connectivity index (χ0) is 19.0. The van der Waals surface area contributed by atoms with Crippen LogP contribution in [0.2, 0.25) is 0 Å². The molecule has 0 spiro atoms. The average Bonchev–Trinajstić information content (AvgIpc) is 2.59. The van der Waals surface area contributed by atoms with Crippen molar-refractivity contribution in [1.29, 1.82) is 0 Å². The number of carbonyl (C=O) groups excluding carboxylic acids is 1. The molecule has 0 atom stereocenters. The van der Waals surface area contributed by atoms with Crippen LogP contribution in [0.5, 0.6) is 5.75 Å². The Morgan fingerprint density at radius 1 is 1.12 bits per heavy atom. The van der Waals surface area contributed by atoms with E-state index in [1.165, 1.54) is 10.6 Å². The maximum absolute atomic E-state index is 12.1. The van der Waals surface area contributed by atoms with Crippen LogP contribution in [-0.4, -0.2) is 33.7 Å². The molecule has 0 radical (unpaired) electrons. The molecule has 0 saturated heterocycles. The summed E-state index contributed by atoms with van der Waals surface area (Å²) < 4.78 is 30.7. The standard InChI is InChI=1S/C19H24N2O4S/c1-3-25-18-12-7-9-16(15-18)20-19(22)13-8-14-21(26(2,23)24)17-10-5-4-6-11-17/h4-7,9-12,15H,3,8,13-14H2,1-2H3,(H,20,22). The van der Waals surface area contributed by atoms with Crippen LogP contribution in [-0.2, 0) is 14.8 Å². The monoisotopic (exact) mass is 376 g/mol. The minimum atomic E-state index is -3.40. The van der Waals surface area contributed by atoms with Crippen LogP contribution in [0.3, 0.4) is 0 Å². The predicted molar refractivity (Wildman–Crippen MR) is 104 cm³/mol. The maximum Gasteiger partial charge on any atom is 0.232 e. The molecule has 0 bridgehead atoms. The first-order valence-corrected chi connectivity index (χ1v) is 10.3. The Morgan fingerprint density at radius 3 is 2.50 bits per heavy atom. The second kappa shape index (κ2) is 9.24. The molecule has 140 valence electrons. The third-order valence-corrected chi connectivity index (χ3v) is 4.83. The van der Waals surface area contributed by atoms with Crippen molar-refractivity contribution in [2.24, 2.45) is 0 Å². The number of ether oxygens (including phenoxy) is 1. The van der Waals surface area contributed by atoms with Crippen LogP contribution < -0.4 is 14.4 Å². The molecule has 2 aromatic rings. The number of nitrogens with zero attached hydrogens (tertiary/aromatic N) is 1. The van der Waals surface area contributed by atoms with Gasteiger partial charge in [-0.3, -0.25) is 9.10 Å². The van der Waals surface area contributed by atoms with Crippen molar-refractivity contribution in [2.45, 2.75) is 19.8 Å². The quantitative estimate of drug-likeness (QED) is 0.729. The van der Waals surface area contributed by atoms with Gasteiger partial charge < -0.3 is 10.1 Å². The Balaban J connectivity index is 1.91. The van der Waals surface area contributed by atoms with Crippen LogP contribution in [0, 0.1) is 0 Å². The van der Waals surface area contributed by atoms with Crippen molar-refractivity contribution in [3.05, 3.63) is 54.6 Å². The molecular weight excluding hydrogens is 352 g/mol. The first-order chi connectivity index (χ1) is 12.4. The topological polar surface area (TPSA) is 75.7 Å². The first kappa shape index (κ1) is 19.8. The van der Waals surface area contributed by atoms with E-state index in [1.807, 2.05) is 19.1 Å². The average molecular weight is 376 g/mol. The minimum Gasteiger partial charge on any atom is -0.494 e. The van der Waals surface area contributed by atoms with E-state index in [2.05, 4.69) is 5.32 Å². The number of benzene rings is 2. The van der Waals surface area contributed by atoms with E-state index in [4.69, 9.17) is 4.74 Å². The lowest BCUT2D eigenvalue weighted by Crippen LogP contribution is -2.31. The number of hydrogen-bond acceptors (Lipinski definition) is 4. The van der Waals surface area contributed by atoms with Gasteiger partial charge in [0, 0.05) is 24.7 Å². The van der Waals surface area contributed by atoms with Gasteiger partial charge in [0.05, 0.1) is 18.6 Å². The number of anilines is 2. The number of amides is 1. The summed E-state index contributed by atoms with van der Waals surface area (Å²) in [7, 11) is -3.40. The number of para-hydroxylation sites is 1. The normalized spacial score (nSPS) is 11.0. The Bertz CT molecular complexity index is 822. The molecule has 2 rings (SSSR count). The fourth-order valence-corrected chi connectivity index (χ4v) is 3.48. The molecule has 1 amide bonds. The second-order valence-electron chi connectivity index (χ2n) is 5.78. The van der Waals surface area contributed by atoms with Gasteiger partial charge in [-0.15, -0.1) is 0 Å². The van der Waals surface area contributed by atoms with Gasteiger partial charge in [-0.25, -0.2) is 8.42 Å². The highest BCUT2D eigenvalue weighted by molar-refractivity contribution is 7.92. The summed E-state index contributed by atoms with van der Waals surface area (Å²) in [6, 6.07) is 16.0. The van der Waals surface area contributed by atoms with Crippen LogP contribution in [0.15, 0.2) is 54.6 Å². The molecule has 1 N–H and O–H groups in total. The van der Waals surface area contributed by atoms with Crippen molar-refractivity contribution in [1.82, 2.24) is 0 Å². The summed E-state index contributed by atoms with van der Waals surface area (Å²) in [6.07, 6.45) is 1.80. The van der Waals surface area contributed by atoms with Crippen molar-refractivity contribution < 1.29 is 17.9 Å². The van der Waals surface area contributed by atoms with Gasteiger partial charge in [0.25, 0.3) is 0 Å². The molecular formula is C19H24N2O4S. The predicted octanol–water partition coefficient (Wildman–Crippen LogP) is 3.27. The van der Waals surface area contributed by atoms with E-state index >= 15 is 0 Å². The van der Waals surface area contributed by atoms with E-state index in [0.29, 0.717) is 30.2 Å². The Labute approximate surface area is 154 Å². The summed E-state index contributed by atoms with van der Waals surface area (Å²) in [6.45, 7) is 2.69. The van der Waals surface area contributed by atoms with Gasteiger partial charge in [0.2, 0.25) is 15.9 Å². The van der Waals surface area contributed by atoms with Crippen molar-refractivity contribution in [2.75, 3.05) is 29.0 Å². The summed E-state index contributed by atoms with van der Waals surface area (Å²) in [5.74, 6) is 0.526. The van der Waals surface area contributed by atoms with E-state index in [-0.39, 0.29) is 18.9 Å². The number of carbonyl (C=O) groups is 1. The molecule has 0 aromatic heterocycles. The van der Waals surface area contributed by atoms with Gasteiger partial charge in [-0.05, 0) is 37.6 Å². The Hall–Kier alpha value is -2.54. The number of nitrogens with one attached hydrogen (secondary N) is 1. The number of hydrogen-bond donors (Lipinski definition) is 1. The molecule has 6 nitrogen and oxygen atoms in total. The zero-order valence-corrected chi connectivity index (χ0v) is 15.8. The summed E-state index contributed by atoms with van der Waals surface area (Å²) in [4.78, 5) is 12.1. The van der Waals surface area contributed by atoms with E-state index in [9.17, 15) is 13.2 Å². The molecule has 0 heterocycles.